The molecule has 0 unspecified atom stereocenters. The smallest absolute Gasteiger partial charge is 0.245 e. The topological polar surface area (TPSA) is 70.2 Å². The van der Waals surface area contributed by atoms with Crippen molar-refractivity contribution in [2.24, 2.45) is 5.92 Å². The number of hydrogen-bond acceptors (Lipinski definition) is 3. The first-order valence-electron chi connectivity index (χ1n) is 9.37. The van der Waals surface area contributed by atoms with E-state index in [-0.39, 0.29) is 28.4 Å². The Hall–Kier alpha value is -1.71. The molecule has 0 aromatic heterocycles. The van der Waals surface area contributed by atoms with Crippen molar-refractivity contribution in [1.82, 2.24) is 10.6 Å². The van der Waals surface area contributed by atoms with E-state index in [0.29, 0.717) is 18.7 Å². The van der Waals surface area contributed by atoms with Crippen molar-refractivity contribution in [3.05, 3.63) is 62.4 Å². The molecule has 0 radical (unpaired) electrons. The molecule has 4 rings (SSSR count). The van der Waals surface area contributed by atoms with Crippen molar-refractivity contribution >= 4 is 51.7 Å². The average molecular weight is 528 g/mol. The predicted octanol–water partition coefficient (Wildman–Crippen LogP) is 3.67. The number of amides is 2. The van der Waals surface area contributed by atoms with E-state index in [1.807, 2.05) is 18.2 Å². The molecule has 0 saturated carbocycles. The molecule has 2 aromatic carbocycles. The number of hydrogen-bond donors (Lipinski definition) is 3. The van der Waals surface area contributed by atoms with E-state index in [0.717, 1.165) is 3.57 Å². The third kappa shape index (κ3) is 3.64. The van der Waals surface area contributed by atoms with Gasteiger partial charge in [0.2, 0.25) is 11.8 Å². The standard InChI is InChI=1S/C21H20ClFIN3O2/c1-21(20(29)26-12-5-2-4-11(24)10-12)17(13-6-3-7-14(22)18(13)23)16-15(27-21)8-9-25-19(16)28/h2-7,10,15-17,27H,8-9H2,1H3,(H,25,28)(H,26,29)/t15-,16+,17-,21+/m0/s1. The molecule has 2 aromatic rings. The van der Waals surface area contributed by atoms with Crippen LogP contribution in [0.4, 0.5) is 10.1 Å². The number of anilines is 1. The van der Waals surface area contributed by atoms with Crippen LogP contribution in [0.3, 0.4) is 0 Å². The molecule has 3 N–H and O–H groups in total. The van der Waals surface area contributed by atoms with Gasteiger partial charge in [0.25, 0.3) is 0 Å². The Kier molecular flexibility index (Phi) is 5.56. The summed E-state index contributed by atoms with van der Waals surface area (Å²) in [6.07, 6.45) is 0.668. The molecule has 29 heavy (non-hydrogen) atoms. The van der Waals surface area contributed by atoms with Gasteiger partial charge >= 0.3 is 0 Å². The quantitative estimate of drug-likeness (QED) is 0.534. The lowest BCUT2D eigenvalue weighted by Crippen LogP contribution is -2.53. The van der Waals surface area contributed by atoms with Crippen molar-refractivity contribution in [2.45, 2.75) is 30.8 Å². The second-order valence-corrected chi connectivity index (χ2v) is 9.30. The van der Waals surface area contributed by atoms with Gasteiger partial charge in [0.05, 0.1) is 10.9 Å². The molecule has 4 atom stereocenters. The first kappa shape index (κ1) is 20.6. The van der Waals surface area contributed by atoms with Gasteiger partial charge in [-0.1, -0.05) is 29.8 Å². The summed E-state index contributed by atoms with van der Waals surface area (Å²) in [7, 11) is 0. The minimum Gasteiger partial charge on any atom is -0.356 e. The predicted molar refractivity (Wildman–Crippen MR) is 118 cm³/mol. The van der Waals surface area contributed by atoms with Gasteiger partial charge in [0.1, 0.15) is 11.4 Å². The first-order chi connectivity index (χ1) is 13.8. The zero-order valence-electron chi connectivity index (χ0n) is 15.6. The third-order valence-corrected chi connectivity index (χ3v) is 6.79. The van der Waals surface area contributed by atoms with E-state index in [1.165, 1.54) is 6.07 Å². The fraction of sp³-hybridized carbons (Fsp3) is 0.333. The molecular formula is C21H20ClFIN3O2. The number of carbonyl (C=O) groups is 2. The molecule has 2 saturated heterocycles. The summed E-state index contributed by atoms with van der Waals surface area (Å²) in [5, 5.41) is 9.10. The molecule has 152 valence electrons. The van der Waals surface area contributed by atoms with Gasteiger partial charge in [-0.25, -0.2) is 4.39 Å². The van der Waals surface area contributed by atoms with Crippen molar-refractivity contribution in [3.63, 3.8) is 0 Å². The van der Waals surface area contributed by atoms with Crippen molar-refractivity contribution < 1.29 is 14.0 Å². The summed E-state index contributed by atoms with van der Waals surface area (Å²) >= 11 is 8.20. The zero-order valence-corrected chi connectivity index (χ0v) is 18.6. The van der Waals surface area contributed by atoms with Crippen LogP contribution in [0.2, 0.25) is 5.02 Å². The van der Waals surface area contributed by atoms with Crippen LogP contribution in [0.5, 0.6) is 0 Å². The van der Waals surface area contributed by atoms with Crippen molar-refractivity contribution in [1.29, 1.82) is 0 Å². The van der Waals surface area contributed by atoms with E-state index in [2.05, 4.69) is 38.5 Å². The third-order valence-electron chi connectivity index (χ3n) is 5.83. The van der Waals surface area contributed by atoms with Crippen LogP contribution in [-0.4, -0.2) is 29.9 Å². The maximum atomic E-state index is 15.0. The first-order valence-corrected chi connectivity index (χ1v) is 10.8. The highest BCUT2D eigenvalue weighted by Crippen LogP contribution is 2.47. The van der Waals surface area contributed by atoms with Gasteiger partial charge in [0, 0.05) is 27.8 Å². The van der Waals surface area contributed by atoms with Crippen LogP contribution in [0.15, 0.2) is 42.5 Å². The SMILES string of the molecule is C[C@@]1(C(=O)Nc2cccc(I)c2)N[C@H]2CCNC(=O)[C@H]2[C@@H]1c1cccc(Cl)c1F. The summed E-state index contributed by atoms with van der Waals surface area (Å²) in [6, 6.07) is 11.9. The van der Waals surface area contributed by atoms with E-state index >= 15 is 4.39 Å². The molecule has 2 amide bonds. The molecule has 2 heterocycles. The van der Waals surface area contributed by atoms with Crippen LogP contribution in [0.1, 0.15) is 24.8 Å². The van der Waals surface area contributed by atoms with E-state index < -0.39 is 23.2 Å². The van der Waals surface area contributed by atoms with Crippen molar-refractivity contribution in [3.8, 4) is 0 Å². The summed E-state index contributed by atoms with van der Waals surface area (Å²) in [5.41, 5.74) is -0.270. The molecular weight excluding hydrogens is 508 g/mol. The fourth-order valence-corrected chi connectivity index (χ4v) is 5.23. The van der Waals surface area contributed by atoms with E-state index in [9.17, 15) is 9.59 Å². The van der Waals surface area contributed by atoms with E-state index in [4.69, 9.17) is 11.6 Å². The van der Waals surface area contributed by atoms with Gasteiger partial charge in [-0.3, -0.25) is 14.9 Å². The van der Waals surface area contributed by atoms with Gasteiger partial charge in [-0.15, -0.1) is 0 Å². The Morgan fingerprint density at radius 2 is 2.07 bits per heavy atom. The zero-order chi connectivity index (χ0) is 20.8. The number of nitrogens with one attached hydrogen (secondary N) is 3. The highest BCUT2D eigenvalue weighted by atomic mass is 127. The number of rotatable bonds is 3. The minimum atomic E-state index is -1.19. The van der Waals surface area contributed by atoms with Gasteiger partial charge in [0.15, 0.2) is 0 Å². The second-order valence-electron chi connectivity index (χ2n) is 7.64. The highest BCUT2D eigenvalue weighted by molar-refractivity contribution is 14.1. The maximum Gasteiger partial charge on any atom is 0.245 e. The Labute approximate surface area is 186 Å². The number of piperidine rings is 1. The van der Waals surface area contributed by atoms with Gasteiger partial charge in [-0.05, 0) is 65.8 Å². The second kappa shape index (κ2) is 7.85. The van der Waals surface area contributed by atoms with Crippen molar-refractivity contribution in [2.75, 3.05) is 11.9 Å². The largest absolute Gasteiger partial charge is 0.356 e. The van der Waals surface area contributed by atoms with Crippen LogP contribution < -0.4 is 16.0 Å². The summed E-state index contributed by atoms with van der Waals surface area (Å²) in [5.74, 6) is -2.35. The minimum absolute atomic E-state index is 0.0254. The van der Waals surface area contributed by atoms with Crippen LogP contribution >= 0.6 is 34.2 Å². The van der Waals surface area contributed by atoms with Gasteiger partial charge < -0.3 is 10.6 Å². The average Bonchev–Trinajstić information content (AvgIpc) is 2.99. The fourth-order valence-electron chi connectivity index (χ4n) is 4.51. The van der Waals surface area contributed by atoms with Crippen LogP contribution in [0.25, 0.3) is 0 Å². The Bertz CT molecular complexity index is 988. The monoisotopic (exact) mass is 527 g/mol. The van der Waals surface area contributed by atoms with Gasteiger partial charge in [-0.2, -0.15) is 0 Å². The lowest BCUT2D eigenvalue weighted by molar-refractivity contribution is -0.127. The van der Waals surface area contributed by atoms with Crippen LogP contribution in [-0.2, 0) is 9.59 Å². The molecule has 2 aliphatic heterocycles. The number of carbonyl (C=O) groups excluding carboxylic acids is 2. The Balaban J connectivity index is 1.77. The summed E-state index contributed by atoms with van der Waals surface area (Å²) < 4.78 is 16.0. The lowest BCUT2D eigenvalue weighted by Gasteiger charge is -2.33. The highest BCUT2D eigenvalue weighted by Gasteiger charge is 2.59. The molecule has 0 aliphatic carbocycles. The van der Waals surface area contributed by atoms with E-state index in [1.54, 1.807) is 25.1 Å². The lowest BCUT2D eigenvalue weighted by atomic mass is 9.73. The molecule has 0 bridgehead atoms. The summed E-state index contributed by atoms with van der Waals surface area (Å²) in [4.78, 5) is 26.1. The Morgan fingerprint density at radius 1 is 1.31 bits per heavy atom. The Morgan fingerprint density at radius 3 is 2.83 bits per heavy atom. The molecule has 2 fully saturated rings. The molecule has 2 aliphatic rings. The maximum absolute atomic E-state index is 15.0. The summed E-state index contributed by atoms with van der Waals surface area (Å²) in [6.45, 7) is 2.25. The normalized spacial score (nSPS) is 28.6. The van der Waals surface area contributed by atoms with Crippen LogP contribution in [0, 0.1) is 15.3 Å². The number of halogens is 3. The molecule has 0 spiro atoms. The molecule has 8 heteroatoms. The molecule has 5 nitrogen and oxygen atoms in total. The number of benzene rings is 2. The number of fused-ring (bicyclic) bond motifs is 1.